The fraction of sp³-hybridized carbons (Fsp3) is 0.600. The van der Waals surface area contributed by atoms with Gasteiger partial charge in [0.15, 0.2) is 0 Å². The summed E-state index contributed by atoms with van der Waals surface area (Å²) in [7, 11) is 4.15. The van der Waals surface area contributed by atoms with E-state index in [0.717, 1.165) is 36.8 Å². The lowest BCUT2D eigenvalue weighted by atomic mass is 9.97. The predicted octanol–water partition coefficient (Wildman–Crippen LogP) is 2.90. The van der Waals surface area contributed by atoms with E-state index in [0.29, 0.717) is 18.0 Å². The highest BCUT2D eigenvalue weighted by molar-refractivity contribution is 5.44. The molecule has 1 N–H and O–H groups in total. The van der Waals surface area contributed by atoms with Crippen LogP contribution in [0.3, 0.4) is 0 Å². The van der Waals surface area contributed by atoms with Crippen molar-refractivity contribution in [1.29, 1.82) is 0 Å². The Morgan fingerprint density at radius 2 is 2.00 bits per heavy atom. The highest BCUT2D eigenvalue weighted by Crippen LogP contribution is 2.32. The van der Waals surface area contributed by atoms with Crippen molar-refractivity contribution in [1.82, 2.24) is 4.90 Å². The quantitative estimate of drug-likeness (QED) is 0.817. The second-order valence-corrected chi connectivity index (χ2v) is 5.37. The third-order valence-electron chi connectivity index (χ3n) is 4.10. The lowest BCUT2D eigenvalue weighted by Gasteiger charge is -2.21. The molecule has 0 aromatic heterocycles. The van der Waals surface area contributed by atoms with Crippen LogP contribution in [0.2, 0.25) is 0 Å². The van der Waals surface area contributed by atoms with Gasteiger partial charge in [-0.2, -0.15) is 0 Å². The second kappa shape index (κ2) is 5.27. The van der Waals surface area contributed by atoms with E-state index >= 15 is 0 Å². The van der Waals surface area contributed by atoms with Crippen molar-refractivity contribution in [3.63, 3.8) is 0 Å². The number of phenolic OH excluding ortho intramolecular Hbond substituents is 1. The van der Waals surface area contributed by atoms with E-state index in [-0.39, 0.29) is 11.6 Å². The van der Waals surface area contributed by atoms with Gasteiger partial charge in [0.25, 0.3) is 0 Å². The normalized spacial score (nSPS) is 19.7. The van der Waals surface area contributed by atoms with Gasteiger partial charge in [-0.25, -0.2) is 4.39 Å². The first-order valence-electron chi connectivity index (χ1n) is 6.73. The summed E-state index contributed by atoms with van der Waals surface area (Å²) in [4.78, 5) is 2.21. The van der Waals surface area contributed by atoms with E-state index in [2.05, 4.69) is 19.0 Å². The average Bonchev–Trinajstić information content (AvgIpc) is 2.52. The molecule has 1 aliphatic carbocycles. The van der Waals surface area contributed by atoms with Gasteiger partial charge in [-0.05, 0) is 63.4 Å². The maximum atomic E-state index is 14.4. The van der Waals surface area contributed by atoms with Crippen molar-refractivity contribution in [3.8, 4) is 5.75 Å². The number of aromatic hydroxyl groups is 1. The summed E-state index contributed by atoms with van der Waals surface area (Å²) in [5.41, 5.74) is 2.29. The molecule has 0 saturated heterocycles. The number of benzene rings is 1. The van der Waals surface area contributed by atoms with Crippen molar-refractivity contribution >= 4 is 0 Å². The van der Waals surface area contributed by atoms with Gasteiger partial charge in [-0.15, -0.1) is 0 Å². The van der Waals surface area contributed by atoms with Crippen LogP contribution in [0, 0.1) is 5.82 Å². The Kier molecular flexibility index (Phi) is 3.91. The summed E-state index contributed by atoms with van der Waals surface area (Å²) in [5.74, 6) is -0.0519. The van der Waals surface area contributed by atoms with Crippen LogP contribution < -0.4 is 0 Å². The first-order chi connectivity index (χ1) is 8.54. The smallest absolute Gasteiger partial charge is 0.133 e. The molecule has 0 bridgehead atoms. The summed E-state index contributed by atoms with van der Waals surface area (Å²) in [6, 6.07) is 2.28. The molecule has 0 amide bonds. The minimum atomic E-state index is -0.174. The fourth-order valence-electron chi connectivity index (χ4n) is 2.90. The van der Waals surface area contributed by atoms with Crippen LogP contribution >= 0.6 is 0 Å². The number of aryl methyl sites for hydroxylation is 1. The maximum Gasteiger partial charge on any atom is 0.133 e. The molecule has 1 aliphatic rings. The topological polar surface area (TPSA) is 23.5 Å². The third kappa shape index (κ3) is 2.37. The van der Waals surface area contributed by atoms with Crippen molar-refractivity contribution in [2.45, 2.75) is 45.1 Å². The van der Waals surface area contributed by atoms with E-state index in [1.54, 1.807) is 6.07 Å². The second-order valence-electron chi connectivity index (χ2n) is 5.37. The largest absolute Gasteiger partial charge is 0.508 e. The summed E-state index contributed by atoms with van der Waals surface area (Å²) in [6.07, 6.45) is 4.20. The van der Waals surface area contributed by atoms with Gasteiger partial charge in [0, 0.05) is 11.6 Å². The Hall–Kier alpha value is -1.09. The molecule has 100 valence electrons. The van der Waals surface area contributed by atoms with Gasteiger partial charge in [-0.3, -0.25) is 0 Å². The van der Waals surface area contributed by atoms with Crippen LogP contribution in [-0.4, -0.2) is 30.1 Å². The van der Waals surface area contributed by atoms with Gasteiger partial charge >= 0.3 is 0 Å². The monoisotopic (exact) mass is 251 g/mol. The number of rotatable bonds is 2. The van der Waals surface area contributed by atoms with E-state index in [1.807, 2.05) is 6.92 Å². The molecular weight excluding hydrogens is 229 g/mol. The van der Waals surface area contributed by atoms with Gasteiger partial charge in [0.05, 0.1) is 0 Å². The van der Waals surface area contributed by atoms with Crippen molar-refractivity contribution in [2.24, 2.45) is 0 Å². The van der Waals surface area contributed by atoms with Crippen LogP contribution in [0.25, 0.3) is 0 Å². The van der Waals surface area contributed by atoms with Crippen LogP contribution in [0.15, 0.2) is 6.07 Å². The Balaban J connectivity index is 2.36. The first kappa shape index (κ1) is 13.3. The van der Waals surface area contributed by atoms with Crippen LogP contribution in [0.4, 0.5) is 4.39 Å². The fourth-order valence-corrected chi connectivity index (χ4v) is 2.90. The summed E-state index contributed by atoms with van der Waals surface area (Å²) >= 11 is 0. The molecular formula is C15H22FNO. The summed E-state index contributed by atoms with van der Waals surface area (Å²) < 4.78 is 14.4. The number of fused-ring (bicyclic) bond motifs is 1. The third-order valence-corrected chi connectivity index (χ3v) is 4.10. The minimum Gasteiger partial charge on any atom is -0.508 e. The molecule has 1 aromatic rings. The van der Waals surface area contributed by atoms with Crippen molar-refractivity contribution in [3.05, 3.63) is 28.6 Å². The molecule has 1 atom stereocenters. The van der Waals surface area contributed by atoms with Gasteiger partial charge < -0.3 is 10.0 Å². The lowest BCUT2D eigenvalue weighted by Crippen LogP contribution is -2.27. The van der Waals surface area contributed by atoms with Crippen LogP contribution in [0.1, 0.15) is 36.5 Å². The molecule has 0 aliphatic heterocycles. The number of phenols is 1. The van der Waals surface area contributed by atoms with Crippen LogP contribution in [-0.2, 0) is 19.3 Å². The lowest BCUT2D eigenvalue weighted by molar-refractivity contribution is 0.268. The van der Waals surface area contributed by atoms with Gasteiger partial charge in [0.1, 0.15) is 11.6 Å². The van der Waals surface area contributed by atoms with Crippen molar-refractivity contribution in [2.75, 3.05) is 14.1 Å². The van der Waals surface area contributed by atoms with E-state index in [1.165, 1.54) is 0 Å². The Labute approximate surface area is 108 Å². The molecule has 0 radical (unpaired) electrons. The number of nitrogens with zero attached hydrogens (tertiary/aromatic N) is 1. The van der Waals surface area contributed by atoms with Crippen LogP contribution in [0.5, 0.6) is 5.75 Å². The van der Waals surface area contributed by atoms with E-state index in [9.17, 15) is 9.50 Å². The molecule has 0 fully saturated rings. The predicted molar refractivity (Wildman–Crippen MR) is 71.6 cm³/mol. The zero-order chi connectivity index (χ0) is 13.3. The maximum absolute atomic E-state index is 14.4. The Bertz CT molecular complexity index is 443. The molecule has 2 rings (SSSR count). The molecule has 0 spiro atoms. The highest BCUT2D eigenvalue weighted by Gasteiger charge is 2.23. The SMILES string of the molecule is CCc1c(O)cc2c(c1F)CCC(N(C)C)CC2. The average molecular weight is 251 g/mol. The zero-order valence-corrected chi connectivity index (χ0v) is 11.5. The van der Waals surface area contributed by atoms with Crippen molar-refractivity contribution < 1.29 is 9.50 Å². The standard InChI is InChI=1S/C15H22FNO/c1-4-12-14(18)9-10-5-6-11(17(2)3)7-8-13(10)15(12)16/h9,11,18H,4-8H2,1-3H3. The van der Waals surface area contributed by atoms with E-state index in [4.69, 9.17) is 0 Å². The molecule has 0 heterocycles. The van der Waals surface area contributed by atoms with E-state index < -0.39 is 0 Å². The van der Waals surface area contributed by atoms with Gasteiger partial charge in [-0.1, -0.05) is 6.92 Å². The number of halogens is 1. The van der Waals surface area contributed by atoms with Gasteiger partial charge in [0.2, 0.25) is 0 Å². The molecule has 1 unspecified atom stereocenters. The summed E-state index contributed by atoms with van der Waals surface area (Å²) in [6.45, 7) is 1.88. The summed E-state index contributed by atoms with van der Waals surface area (Å²) in [5, 5.41) is 9.86. The Morgan fingerprint density at radius 1 is 1.33 bits per heavy atom. The Morgan fingerprint density at radius 3 is 2.61 bits per heavy atom. The molecule has 1 aromatic carbocycles. The molecule has 18 heavy (non-hydrogen) atoms. The molecule has 3 heteroatoms. The first-order valence-corrected chi connectivity index (χ1v) is 6.73. The molecule has 0 saturated carbocycles. The zero-order valence-electron chi connectivity index (χ0n) is 11.5. The number of hydrogen-bond acceptors (Lipinski definition) is 2. The number of hydrogen-bond donors (Lipinski definition) is 1. The molecule has 2 nitrogen and oxygen atoms in total. The highest BCUT2D eigenvalue weighted by atomic mass is 19.1. The minimum absolute atomic E-state index is 0.122.